The highest BCUT2D eigenvalue weighted by Crippen LogP contribution is 2.22. The Balaban J connectivity index is 2.68. The predicted molar refractivity (Wildman–Crippen MR) is 82.5 cm³/mol. The van der Waals surface area contributed by atoms with Gasteiger partial charge in [0.1, 0.15) is 5.75 Å². The van der Waals surface area contributed by atoms with Gasteiger partial charge in [0.25, 0.3) is 0 Å². The number of nitrogens with two attached hydrogens (primary N) is 2. The van der Waals surface area contributed by atoms with Crippen molar-refractivity contribution in [1.82, 2.24) is 0 Å². The molecule has 106 valence electrons. The molecule has 0 bridgehead atoms. The van der Waals surface area contributed by atoms with Crippen molar-refractivity contribution in [1.29, 1.82) is 5.26 Å². The van der Waals surface area contributed by atoms with Gasteiger partial charge in [-0.2, -0.15) is 10.4 Å². The number of ether oxygens (including phenoxy) is 1. The summed E-state index contributed by atoms with van der Waals surface area (Å²) in [5.41, 5.74) is 11.2. The van der Waals surface area contributed by atoms with Crippen LogP contribution in [0.4, 0.5) is 0 Å². The number of unbranched alkanes of at least 4 members (excludes halogenated alkanes) is 2. The van der Waals surface area contributed by atoms with Crippen LogP contribution < -0.4 is 16.2 Å². The lowest BCUT2D eigenvalue weighted by Crippen LogP contribution is -2.21. The third kappa shape index (κ3) is 6.20. The summed E-state index contributed by atoms with van der Waals surface area (Å²) in [5.74, 6) is 0.593. The lowest BCUT2D eigenvalue weighted by molar-refractivity contribution is 0.307. The van der Waals surface area contributed by atoms with Gasteiger partial charge in [-0.3, -0.25) is 0 Å². The molecule has 0 saturated carbocycles. The molecule has 0 radical (unpaired) electrons. The van der Waals surface area contributed by atoms with Gasteiger partial charge in [0.2, 0.25) is 5.96 Å². The molecule has 0 aliphatic carbocycles. The summed E-state index contributed by atoms with van der Waals surface area (Å²) in [6.45, 7) is 0.548. The third-order valence-corrected chi connectivity index (χ3v) is 2.78. The number of hydrogen-bond donors (Lipinski definition) is 2. The van der Waals surface area contributed by atoms with Crippen LogP contribution in [0.25, 0.3) is 0 Å². The first-order valence-corrected chi connectivity index (χ1v) is 6.84. The molecule has 4 N–H and O–H groups in total. The van der Waals surface area contributed by atoms with Crippen LogP contribution in [0.15, 0.2) is 32.9 Å². The van der Waals surface area contributed by atoms with Crippen molar-refractivity contribution in [2.24, 2.45) is 21.7 Å². The van der Waals surface area contributed by atoms with Crippen molar-refractivity contribution in [3.8, 4) is 11.8 Å². The molecular weight excluding hydrogens is 322 g/mol. The van der Waals surface area contributed by atoms with E-state index in [4.69, 9.17) is 21.5 Å². The maximum atomic E-state index is 8.45. The maximum absolute atomic E-state index is 8.45. The highest BCUT2D eigenvalue weighted by molar-refractivity contribution is 9.10. The Morgan fingerprint density at radius 3 is 2.90 bits per heavy atom. The quantitative estimate of drug-likeness (QED) is 0.343. The van der Waals surface area contributed by atoms with E-state index >= 15 is 0 Å². The monoisotopic (exact) mass is 337 g/mol. The van der Waals surface area contributed by atoms with Crippen LogP contribution in [0.1, 0.15) is 24.8 Å². The first-order chi connectivity index (χ1) is 9.63. The summed E-state index contributed by atoms with van der Waals surface area (Å²) >= 11 is 3.38. The summed E-state index contributed by atoms with van der Waals surface area (Å²) in [5, 5.41) is 15.8. The second-order valence-corrected chi connectivity index (χ2v) is 4.83. The van der Waals surface area contributed by atoms with E-state index < -0.39 is 0 Å². The normalized spacial score (nSPS) is 10.2. The fourth-order valence-corrected chi connectivity index (χ4v) is 1.78. The zero-order valence-electron chi connectivity index (χ0n) is 10.9. The number of halogens is 1. The molecule has 1 rings (SSSR count). The van der Waals surface area contributed by atoms with E-state index in [9.17, 15) is 0 Å². The third-order valence-electron chi connectivity index (χ3n) is 2.28. The molecule has 0 saturated heterocycles. The van der Waals surface area contributed by atoms with Crippen LogP contribution in [0.2, 0.25) is 0 Å². The molecule has 1 aromatic rings. The Bertz CT molecular complexity index is 532. The zero-order valence-corrected chi connectivity index (χ0v) is 12.5. The van der Waals surface area contributed by atoms with Crippen molar-refractivity contribution in [2.75, 3.05) is 6.61 Å². The zero-order chi connectivity index (χ0) is 14.8. The number of hydrogen-bond acceptors (Lipinski definition) is 4. The molecule has 0 heterocycles. The largest absolute Gasteiger partial charge is 0.493 e. The van der Waals surface area contributed by atoms with E-state index in [2.05, 4.69) is 32.2 Å². The molecule has 0 aliphatic heterocycles. The number of rotatable bonds is 7. The average Bonchev–Trinajstić information content (AvgIpc) is 2.40. The molecule has 6 nitrogen and oxygen atoms in total. The molecular formula is C13H16BrN5O. The number of nitriles is 1. The molecule has 0 spiro atoms. The van der Waals surface area contributed by atoms with E-state index in [1.807, 2.05) is 18.2 Å². The van der Waals surface area contributed by atoms with Crippen LogP contribution in [0.3, 0.4) is 0 Å². The minimum atomic E-state index is -0.102. The fraction of sp³-hybridized carbons (Fsp3) is 0.308. The summed E-state index contributed by atoms with van der Waals surface area (Å²) in [7, 11) is 0. The Morgan fingerprint density at radius 1 is 1.40 bits per heavy atom. The van der Waals surface area contributed by atoms with Crippen molar-refractivity contribution in [2.45, 2.75) is 19.3 Å². The van der Waals surface area contributed by atoms with E-state index in [0.717, 1.165) is 22.9 Å². The Hall–Kier alpha value is -2.07. The SMILES string of the molecule is N#CCCCCOc1ccc(Br)cc1C=NN=C(N)N. The molecule has 1 aromatic carbocycles. The minimum absolute atomic E-state index is 0.102. The Labute approximate surface area is 126 Å². The highest BCUT2D eigenvalue weighted by atomic mass is 79.9. The lowest BCUT2D eigenvalue weighted by Gasteiger charge is -2.08. The van der Waals surface area contributed by atoms with E-state index in [1.165, 1.54) is 6.21 Å². The van der Waals surface area contributed by atoms with Crippen LogP contribution >= 0.6 is 15.9 Å². The van der Waals surface area contributed by atoms with Gasteiger partial charge >= 0.3 is 0 Å². The van der Waals surface area contributed by atoms with Gasteiger partial charge in [0.15, 0.2) is 0 Å². The van der Waals surface area contributed by atoms with Crippen LogP contribution in [0, 0.1) is 11.3 Å². The van der Waals surface area contributed by atoms with E-state index in [-0.39, 0.29) is 5.96 Å². The summed E-state index contributed by atoms with van der Waals surface area (Å²) < 4.78 is 6.57. The second-order valence-electron chi connectivity index (χ2n) is 3.92. The van der Waals surface area contributed by atoms with Gasteiger partial charge in [-0.05, 0) is 31.0 Å². The fourth-order valence-electron chi connectivity index (χ4n) is 1.40. The molecule has 0 amide bonds. The van der Waals surface area contributed by atoms with Gasteiger partial charge in [-0.1, -0.05) is 15.9 Å². The molecule has 0 fully saturated rings. The average molecular weight is 338 g/mol. The van der Waals surface area contributed by atoms with Gasteiger partial charge in [0, 0.05) is 16.5 Å². The highest BCUT2D eigenvalue weighted by Gasteiger charge is 2.02. The van der Waals surface area contributed by atoms with Gasteiger partial charge in [0.05, 0.1) is 18.9 Å². The molecule has 0 aromatic heterocycles. The molecule has 7 heteroatoms. The maximum Gasteiger partial charge on any atom is 0.211 e. The summed E-state index contributed by atoms with van der Waals surface area (Å²) in [6.07, 6.45) is 3.72. The van der Waals surface area contributed by atoms with E-state index in [1.54, 1.807) is 0 Å². The Kier molecular flexibility index (Phi) is 7.14. The van der Waals surface area contributed by atoms with Crippen LogP contribution in [0.5, 0.6) is 5.75 Å². The Morgan fingerprint density at radius 2 is 2.20 bits per heavy atom. The van der Waals surface area contributed by atoms with Crippen molar-refractivity contribution >= 4 is 28.1 Å². The van der Waals surface area contributed by atoms with Crippen LogP contribution in [-0.4, -0.2) is 18.8 Å². The summed E-state index contributed by atoms with van der Waals surface area (Å²) in [4.78, 5) is 0. The van der Waals surface area contributed by atoms with E-state index in [0.29, 0.717) is 18.8 Å². The van der Waals surface area contributed by atoms with Gasteiger partial charge < -0.3 is 16.2 Å². The molecule has 0 atom stereocenters. The number of benzene rings is 1. The molecule has 0 aliphatic rings. The molecule has 0 unspecified atom stereocenters. The minimum Gasteiger partial charge on any atom is -0.493 e. The van der Waals surface area contributed by atoms with Crippen molar-refractivity contribution < 1.29 is 4.74 Å². The van der Waals surface area contributed by atoms with Gasteiger partial charge in [-0.15, -0.1) is 5.10 Å². The first kappa shape index (κ1) is 16.0. The topological polar surface area (TPSA) is 110 Å². The lowest BCUT2D eigenvalue weighted by atomic mass is 10.2. The number of nitrogens with zero attached hydrogens (tertiary/aromatic N) is 3. The predicted octanol–water partition coefficient (Wildman–Crippen LogP) is 2.13. The smallest absolute Gasteiger partial charge is 0.211 e. The number of guanidine groups is 1. The molecule has 20 heavy (non-hydrogen) atoms. The van der Waals surface area contributed by atoms with Crippen LogP contribution in [-0.2, 0) is 0 Å². The summed E-state index contributed by atoms with van der Waals surface area (Å²) in [6, 6.07) is 7.68. The first-order valence-electron chi connectivity index (χ1n) is 6.04. The second kappa shape index (κ2) is 8.93. The van der Waals surface area contributed by atoms with Crippen molar-refractivity contribution in [3.05, 3.63) is 28.2 Å². The standard InChI is InChI=1S/C13H16BrN5O/c14-11-4-5-12(20-7-3-1-2-6-15)10(8-11)9-18-19-13(16)17/h4-5,8-9H,1-3,7H2,(H4,16,17,19). The van der Waals surface area contributed by atoms with Crippen molar-refractivity contribution in [3.63, 3.8) is 0 Å². The van der Waals surface area contributed by atoms with Gasteiger partial charge in [-0.25, -0.2) is 0 Å².